The molecule has 0 saturated carbocycles. The van der Waals surface area contributed by atoms with Crippen LogP contribution in [0.1, 0.15) is 85.5 Å². The van der Waals surface area contributed by atoms with Gasteiger partial charge in [-0.2, -0.15) is 6.92 Å². The molecule has 0 aromatic heterocycles. The van der Waals surface area contributed by atoms with Crippen molar-refractivity contribution in [1.29, 1.82) is 0 Å². The van der Waals surface area contributed by atoms with Gasteiger partial charge in [0.1, 0.15) is 0 Å². The SMILES string of the molecule is CCCCCO.CCCCCO.CCCCCO.[CH2-]C.[Zr]. The Kier molecular flexibility index (Phi) is 79.2. The van der Waals surface area contributed by atoms with Crippen molar-refractivity contribution < 1.29 is 41.5 Å². The van der Waals surface area contributed by atoms with Gasteiger partial charge >= 0.3 is 0 Å². The number of hydrogen-bond acceptors (Lipinski definition) is 3. The van der Waals surface area contributed by atoms with Gasteiger partial charge in [0.25, 0.3) is 0 Å². The van der Waals surface area contributed by atoms with Gasteiger partial charge in [0.15, 0.2) is 0 Å². The summed E-state index contributed by atoms with van der Waals surface area (Å²) in [5.41, 5.74) is 0. The first-order chi connectivity index (χ1) is 9.74. The topological polar surface area (TPSA) is 60.7 Å². The average Bonchev–Trinajstić information content (AvgIpc) is 2.52. The van der Waals surface area contributed by atoms with E-state index in [0.717, 1.165) is 38.5 Å². The predicted octanol–water partition coefficient (Wildman–Crippen LogP) is 4.34. The molecule has 0 unspecified atom stereocenters. The fraction of sp³-hybridized carbons (Fsp3) is 0.941. The van der Waals surface area contributed by atoms with Crippen molar-refractivity contribution in [2.24, 2.45) is 0 Å². The van der Waals surface area contributed by atoms with E-state index in [1.165, 1.54) is 19.3 Å². The van der Waals surface area contributed by atoms with Crippen LogP contribution in [0.15, 0.2) is 0 Å². The van der Waals surface area contributed by atoms with Crippen LogP contribution in [0.3, 0.4) is 0 Å². The molecule has 0 atom stereocenters. The number of aliphatic hydroxyl groups is 3. The van der Waals surface area contributed by atoms with Gasteiger partial charge in [0.05, 0.1) is 0 Å². The third kappa shape index (κ3) is 76.7. The second-order valence-corrected chi connectivity index (χ2v) is 4.29. The number of aliphatic hydroxyl groups excluding tert-OH is 3. The van der Waals surface area contributed by atoms with E-state index in [1.54, 1.807) is 6.92 Å². The van der Waals surface area contributed by atoms with E-state index in [9.17, 15) is 0 Å². The maximum atomic E-state index is 8.20. The summed E-state index contributed by atoms with van der Waals surface area (Å²) < 4.78 is 0. The van der Waals surface area contributed by atoms with Crippen LogP contribution < -0.4 is 0 Å². The van der Waals surface area contributed by atoms with E-state index in [-0.39, 0.29) is 26.2 Å². The summed E-state index contributed by atoms with van der Waals surface area (Å²) in [5, 5.41) is 24.6. The summed E-state index contributed by atoms with van der Waals surface area (Å²) in [6.07, 6.45) is 9.98. The molecule has 0 amide bonds. The summed E-state index contributed by atoms with van der Waals surface area (Å²) in [6, 6.07) is 0. The number of hydrogen-bond donors (Lipinski definition) is 3. The molecule has 0 saturated heterocycles. The first kappa shape index (κ1) is 33.4. The van der Waals surface area contributed by atoms with E-state index < -0.39 is 0 Å². The zero-order chi connectivity index (χ0) is 16.5. The van der Waals surface area contributed by atoms with E-state index in [0.29, 0.717) is 19.8 Å². The Morgan fingerprint density at radius 1 is 0.524 bits per heavy atom. The van der Waals surface area contributed by atoms with Gasteiger partial charge in [0, 0.05) is 46.0 Å². The fourth-order valence-electron chi connectivity index (χ4n) is 1.09. The van der Waals surface area contributed by atoms with Crippen LogP contribution in [0.25, 0.3) is 0 Å². The van der Waals surface area contributed by atoms with Crippen molar-refractivity contribution in [3.8, 4) is 0 Å². The Labute approximate surface area is 153 Å². The first-order valence-electron chi connectivity index (χ1n) is 8.28. The summed E-state index contributed by atoms with van der Waals surface area (Å²) in [7, 11) is 0. The monoisotopic (exact) mass is 383 g/mol. The van der Waals surface area contributed by atoms with Crippen LogP contribution in [-0.4, -0.2) is 35.1 Å². The predicted molar refractivity (Wildman–Crippen MR) is 90.9 cm³/mol. The maximum absolute atomic E-state index is 8.20. The van der Waals surface area contributed by atoms with E-state index >= 15 is 0 Å². The molecule has 0 aliphatic heterocycles. The molecule has 0 aromatic carbocycles. The van der Waals surface area contributed by atoms with Gasteiger partial charge in [-0.3, -0.25) is 0 Å². The minimum atomic E-state index is 0. The number of rotatable bonds is 9. The molecule has 3 nitrogen and oxygen atoms in total. The number of unbranched alkanes of at least 4 members (excludes halogenated alkanes) is 6. The molecule has 0 rings (SSSR count). The van der Waals surface area contributed by atoms with Crippen molar-refractivity contribution in [2.75, 3.05) is 19.8 Å². The summed E-state index contributed by atoms with van der Waals surface area (Å²) in [4.78, 5) is 0. The van der Waals surface area contributed by atoms with E-state index in [4.69, 9.17) is 15.3 Å². The standard InChI is InChI=1S/3C5H12O.C2H5.Zr/c3*1-2-3-4-5-6;1-2;/h3*6H,2-5H2,1H3;1H2,2H3;/q;;;-1;. The van der Waals surface area contributed by atoms with Gasteiger partial charge in [-0.25, -0.2) is 0 Å². The second kappa shape index (κ2) is 49.8. The van der Waals surface area contributed by atoms with Crippen LogP contribution in [-0.2, 0) is 26.2 Å². The third-order valence-electron chi connectivity index (χ3n) is 2.29. The Bertz CT molecular complexity index is 73.0. The molecule has 0 bridgehead atoms. The molecule has 0 aliphatic rings. The molecular formula is C17H41O3Zr-. The van der Waals surface area contributed by atoms with Crippen LogP contribution >= 0.6 is 0 Å². The van der Waals surface area contributed by atoms with Crippen molar-refractivity contribution in [3.05, 3.63) is 6.92 Å². The van der Waals surface area contributed by atoms with Gasteiger partial charge in [-0.1, -0.05) is 59.3 Å². The van der Waals surface area contributed by atoms with Crippen LogP contribution in [0.4, 0.5) is 0 Å². The average molecular weight is 385 g/mol. The molecule has 3 N–H and O–H groups in total. The molecule has 0 fully saturated rings. The summed E-state index contributed by atoms with van der Waals surface area (Å²) in [6.45, 7) is 12.4. The molecule has 4 heteroatoms. The Morgan fingerprint density at radius 2 is 0.714 bits per heavy atom. The summed E-state index contributed by atoms with van der Waals surface area (Å²) in [5.74, 6) is 0. The minimum absolute atomic E-state index is 0. The Hall–Kier alpha value is 0.763. The van der Waals surface area contributed by atoms with Gasteiger partial charge in [-0.15, -0.1) is 0 Å². The van der Waals surface area contributed by atoms with Gasteiger partial charge in [0.2, 0.25) is 0 Å². The quantitative estimate of drug-likeness (QED) is 0.409. The zero-order valence-electron chi connectivity index (χ0n) is 15.0. The van der Waals surface area contributed by atoms with Gasteiger partial charge < -0.3 is 22.2 Å². The summed E-state index contributed by atoms with van der Waals surface area (Å²) >= 11 is 0. The molecular weight excluding hydrogens is 343 g/mol. The van der Waals surface area contributed by atoms with Gasteiger partial charge in [-0.05, 0) is 19.3 Å². The Balaban J connectivity index is -0.0000000561. The third-order valence-corrected chi connectivity index (χ3v) is 2.29. The van der Waals surface area contributed by atoms with Crippen LogP contribution in [0, 0.1) is 6.92 Å². The molecule has 132 valence electrons. The van der Waals surface area contributed by atoms with Crippen molar-refractivity contribution in [3.63, 3.8) is 0 Å². The molecule has 0 radical (unpaired) electrons. The second-order valence-electron chi connectivity index (χ2n) is 4.29. The van der Waals surface area contributed by atoms with E-state index in [2.05, 4.69) is 27.7 Å². The largest absolute Gasteiger partial charge is 0.396 e. The van der Waals surface area contributed by atoms with Crippen molar-refractivity contribution in [1.82, 2.24) is 0 Å². The van der Waals surface area contributed by atoms with Crippen LogP contribution in [0.5, 0.6) is 0 Å². The molecule has 0 aliphatic carbocycles. The molecule has 21 heavy (non-hydrogen) atoms. The van der Waals surface area contributed by atoms with Crippen LogP contribution in [0.2, 0.25) is 0 Å². The van der Waals surface area contributed by atoms with E-state index in [1.807, 2.05) is 0 Å². The van der Waals surface area contributed by atoms with Crippen molar-refractivity contribution in [2.45, 2.75) is 85.5 Å². The molecule has 0 aromatic rings. The van der Waals surface area contributed by atoms with Crippen molar-refractivity contribution >= 4 is 0 Å². The molecule has 0 spiro atoms. The smallest absolute Gasteiger partial charge is 0.0431 e. The maximum Gasteiger partial charge on any atom is 0.0431 e. The minimum Gasteiger partial charge on any atom is -0.396 e. The first-order valence-corrected chi connectivity index (χ1v) is 8.28. The Morgan fingerprint density at radius 3 is 0.762 bits per heavy atom. The fourth-order valence-corrected chi connectivity index (χ4v) is 1.09. The normalized spacial score (nSPS) is 8.00. The zero-order valence-corrected chi connectivity index (χ0v) is 17.5. The molecule has 0 heterocycles.